The zero-order valence-electron chi connectivity index (χ0n) is 42.0. The molecule has 23 heteroatoms. The van der Waals surface area contributed by atoms with Crippen molar-refractivity contribution in [2.75, 3.05) is 19.8 Å². The molecule has 14 N–H and O–H groups in total. The number of ketones is 4. The normalized spacial score (nSPS) is 14.4. The number of nitrogens with zero attached hydrogens (tertiary/aromatic N) is 2. The van der Waals surface area contributed by atoms with E-state index >= 15 is 0 Å². The van der Waals surface area contributed by atoms with E-state index < -0.39 is 126 Å². The number of hydrogen-bond donors (Lipinski definition) is 10. The minimum absolute atomic E-state index is 0.00189. The molecule has 5 amide bonds. The monoisotopic (exact) mass is 1010 g/mol. The second-order valence-electron chi connectivity index (χ2n) is 18.3. The van der Waals surface area contributed by atoms with Crippen molar-refractivity contribution >= 4 is 64.6 Å². The van der Waals surface area contributed by atoms with E-state index in [2.05, 4.69) is 36.2 Å². The average Bonchev–Trinajstić information content (AvgIpc) is 3.85. The Morgan fingerprint density at radius 2 is 1.33 bits per heavy atom. The summed E-state index contributed by atoms with van der Waals surface area (Å²) in [6.07, 6.45) is 0.910. The highest BCUT2D eigenvalue weighted by Gasteiger charge is 2.35. The molecule has 1 aromatic heterocycles. The number of carbonyl (C=O) groups excluding carboxylic acids is 10. The van der Waals surface area contributed by atoms with E-state index in [-0.39, 0.29) is 89.2 Å². The summed E-state index contributed by atoms with van der Waals surface area (Å²) in [5.41, 5.74) is 23.3. The van der Waals surface area contributed by atoms with E-state index in [1.165, 1.54) is 26.4 Å². The zero-order valence-corrected chi connectivity index (χ0v) is 42.0. The Balaban J connectivity index is 2.45. The van der Waals surface area contributed by atoms with Crippen LogP contribution in [-0.4, -0.2) is 130 Å². The number of aliphatic imine (C=N–C) groups is 1. The third-order valence-corrected chi connectivity index (χ3v) is 11.6. The molecule has 0 saturated carbocycles. The molecule has 0 aliphatic heterocycles. The molecule has 0 spiro atoms. The van der Waals surface area contributed by atoms with Gasteiger partial charge in [0, 0.05) is 75.2 Å². The van der Waals surface area contributed by atoms with Gasteiger partial charge in [-0.15, -0.1) is 0 Å². The molecular formula is C49H75N11O12. The lowest BCUT2D eigenvalue weighted by Gasteiger charge is -2.26. The lowest BCUT2D eigenvalue weighted by Crippen LogP contribution is -2.49. The summed E-state index contributed by atoms with van der Waals surface area (Å²) in [4.78, 5) is 144. The fraction of sp³-hybridized carbons (Fsp3) is 0.592. The first-order valence-corrected chi connectivity index (χ1v) is 24.2. The Kier molecular flexibility index (Phi) is 27.4. The van der Waals surface area contributed by atoms with Crippen molar-refractivity contribution in [1.82, 2.24) is 31.2 Å². The number of nitrogens with one attached hydrogen (secondary N) is 5. The second kappa shape index (κ2) is 32.2. The number of H-pyrrole nitrogens is 1. The van der Waals surface area contributed by atoms with Crippen LogP contribution in [0.2, 0.25) is 0 Å². The smallest absolute Gasteiger partial charge is 0.328 e. The number of imidazole rings is 1. The van der Waals surface area contributed by atoms with Crippen LogP contribution >= 0.6 is 0 Å². The van der Waals surface area contributed by atoms with Crippen LogP contribution in [0.15, 0.2) is 47.8 Å². The molecular weight excluding hydrogens is 935 g/mol. The Bertz CT molecular complexity index is 2150. The largest absolute Gasteiger partial charge is 0.464 e. The van der Waals surface area contributed by atoms with Crippen LogP contribution in [0.3, 0.4) is 0 Å². The van der Waals surface area contributed by atoms with E-state index in [1.807, 2.05) is 13.8 Å². The number of primary amides is 1. The highest BCUT2D eigenvalue weighted by molar-refractivity contribution is 5.98. The number of carbonyl (C=O) groups is 10. The Morgan fingerprint density at radius 1 is 0.722 bits per heavy atom. The van der Waals surface area contributed by atoms with Crippen molar-refractivity contribution in [2.24, 2.45) is 51.6 Å². The number of hydrogen-bond acceptors (Lipinski definition) is 15. The second-order valence-corrected chi connectivity index (χ2v) is 18.3. The molecule has 0 aliphatic rings. The summed E-state index contributed by atoms with van der Waals surface area (Å²) in [7, 11) is 0. The fourth-order valence-corrected chi connectivity index (χ4v) is 7.65. The standard InChI is InChI=1S/C49H75N11O12/c1-6-72-48(71)30(5)57-44(67)17-15-39(62)38(21-31-11-8-7-9-12-31)60-47(70)33(22-34-25-54-27-56-34)24-41(64)36(13-10-18-55-49(52)53)59-46(69)32(19-28(2)3)23-42(65)37(14-16-43(51)66)58-45(68)29(4)20-40(63)35(50)26-61/h7-9,11-12,25,27-30,32-33,35-38,61H,6,10,13-24,26,50H2,1-5H3,(H2,51,66)(H,54,56)(H,57,67)(H,58,68)(H,59,69)(H,60,70)(H4,52,53,55)/t29-,30+,32-,33-,35+,36+,37+,38+/m1/s1. The topological polar surface area (TPSA) is 393 Å². The number of esters is 1. The summed E-state index contributed by atoms with van der Waals surface area (Å²) >= 11 is 0. The molecule has 0 bridgehead atoms. The number of aliphatic hydroxyl groups excluding tert-OH is 1. The van der Waals surface area contributed by atoms with Crippen LogP contribution in [0, 0.1) is 23.7 Å². The van der Waals surface area contributed by atoms with Crippen LogP contribution in [0.25, 0.3) is 0 Å². The molecule has 398 valence electrons. The van der Waals surface area contributed by atoms with Gasteiger partial charge in [0.15, 0.2) is 29.1 Å². The van der Waals surface area contributed by atoms with Crippen molar-refractivity contribution in [3.8, 4) is 0 Å². The van der Waals surface area contributed by atoms with Gasteiger partial charge in [-0.1, -0.05) is 51.1 Å². The molecule has 0 saturated heterocycles. The maximum Gasteiger partial charge on any atom is 0.328 e. The summed E-state index contributed by atoms with van der Waals surface area (Å²) in [5.74, 6) is -9.80. The summed E-state index contributed by atoms with van der Waals surface area (Å²) in [6.45, 7) is 7.72. The van der Waals surface area contributed by atoms with Crippen molar-refractivity contribution in [3.05, 3.63) is 54.1 Å². The highest BCUT2D eigenvalue weighted by Crippen LogP contribution is 2.22. The number of aliphatic hydroxyl groups is 1. The zero-order chi connectivity index (χ0) is 53.9. The van der Waals surface area contributed by atoms with Crippen LogP contribution in [0.1, 0.15) is 110 Å². The summed E-state index contributed by atoms with van der Waals surface area (Å²) in [6, 6.07) is 3.01. The van der Waals surface area contributed by atoms with Gasteiger partial charge in [-0.3, -0.25) is 48.1 Å². The first-order chi connectivity index (χ1) is 34.0. The number of benzene rings is 1. The number of nitrogens with two attached hydrogens (primary N) is 4. The van der Waals surface area contributed by atoms with Gasteiger partial charge in [0.05, 0.1) is 49.6 Å². The first-order valence-electron chi connectivity index (χ1n) is 24.2. The molecule has 72 heavy (non-hydrogen) atoms. The Morgan fingerprint density at radius 3 is 1.92 bits per heavy atom. The first kappa shape index (κ1) is 61.2. The molecule has 0 fully saturated rings. The number of rotatable bonds is 36. The van der Waals surface area contributed by atoms with Gasteiger partial charge in [-0.25, -0.2) is 9.78 Å². The molecule has 1 heterocycles. The lowest BCUT2D eigenvalue weighted by molar-refractivity contribution is -0.147. The van der Waals surface area contributed by atoms with Crippen molar-refractivity contribution in [1.29, 1.82) is 0 Å². The SMILES string of the molecule is CCOC(=O)[C@H](C)NC(=O)CCC(=O)[C@H](Cc1ccccc1)NC(=O)[C@@H](CC(=O)[C@H](CCCN=C(N)N)NC(=O)[C@@H](CC(=O)[C@H](CCC(N)=O)NC(=O)[C@H](C)CC(=O)[C@@H](N)CO)CC(C)C)Cc1cnc[nH]1. The van der Waals surface area contributed by atoms with Gasteiger partial charge in [0.2, 0.25) is 29.5 Å². The average molecular weight is 1010 g/mol. The van der Waals surface area contributed by atoms with Crippen molar-refractivity contribution in [2.45, 2.75) is 142 Å². The van der Waals surface area contributed by atoms with Gasteiger partial charge < -0.3 is 59.0 Å². The van der Waals surface area contributed by atoms with E-state index in [0.29, 0.717) is 11.3 Å². The summed E-state index contributed by atoms with van der Waals surface area (Å²) < 4.78 is 4.94. The van der Waals surface area contributed by atoms with Crippen LogP contribution in [0.4, 0.5) is 0 Å². The molecule has 23 nitrogen and oxygen atoms in total. The molecule has 1 aromatic carbocycles. The predicted molar refractivity (Wildman–Crippen MR) is 265 cm³/mol. The third kappa shape index (κ3) is 23.4. The number of aromatic nitrogens is 2. The number of ether oxygens (including phenoxy) is 1. The third-order valence-electron chi connectivity index (χ3n) is 11.6. The Hall–Kier alpha value is -6.88. The molecule has 2 aromatic rings. The number of amides is 5. The van der Waals surface area contributed by atoms with Gasteiger partial charge in [-0.2, -0.15) is 0 Å². The van der Waals surface area contributed by atoms with E-state index in [0.717, 1.165) is 0 Å². The van der Waals surface area contributed by atoms with Crippen LogP contribution < -0.4 is 44.2 Å². The molecule has 2 rings (SSSR count). The Labute approximate surface area is 419 Å². The molecule has 8 atom stereocenters. The van der Waals surface area contributed by atoms with Crippen molar-refractivity contribution in [3.63, 3.8) is 0 Å². The van der Waals surface area contributed by atoms with Gasteiger partial charge in [0.1, 0.15) is 6.04 Å². The van der Waals surface area contributed by atoms with Gasteiger partial charge in [-0.05, 0) is 57.4 Å². The van der Waals surface area contributed by atoms with Gasteiger partial charge >= 0.3 is 5.97 Å². The predicted octanol–water partition coefficient (Wildman–Crippen LogP) is -0.503. The maximum absolute atomic E-state index is 14.5. The molecule has 0 radical (unpaired) electrons. The van der Waals surface area contributed by atoms with Crippen LogP contribution in [-0.2, 0) is 65.5 Å². The van der Waals surface area contributed by atoms with E-state index in [9.17, 15) is 53.1 Å². The summed E-state index contributed by atoms with van der Waals surface area (Å²) in [5, 5.41) is 19.9. The molecule has 0 unspecified atom stereocenters. The minimum Gasteiger partial charge on any atom is -0.464 e. The molecule has 0 aliphatic carbocycles. The fourth-order valence-electron chi connectivity index (χ4n) is 7.65. The van der Waals surface area contributed by atoms with E-state index in [4.69, 9.17) is 27.7 Å². The van der Waals surface area contributed by atoms with Crippen LogP contribution in [0.5, 0.6) is 0 Å². The number of guanidine groups is 1. The van der Waals surface area contributed by atoms with Crippen molar-refractivity contribution < 1.29 is 57.8 Å². The van der Waals surface area contributed by atoms with E-state index in [1.54, 1.807) is 37.3 Å². The number of Topliss-reactive ketones (excluding diaryl/α,β-unsaturated/α-hetero) is 4. The number of aromatic amines is 1. The van der Waals surface area contributed by atoms with Gasteiger partial charge in [0.25, 0.3) is 0 Å². The quantitative estimate of drug-likeness (QED) is 0.0178. The lowest BCUT2D eigenvalue weighted by atomic mass is 9.87. The maximum atomic E-state index is 14.5. The highest BCUT2D eigenvalue weighted by atomic mass is 16.5. The minimum atomic E-state index is -1.29.